The molecule has 0 saturated heterocycles. The number of aromatic nitrogens is 2. The van der Waals surface area contributed by atoms with Crippen LogP contribution in [0.3, 0.4) is 0 Å². The van der Waals surface area contributed by atoms with Gasteiger partial charge in [0.15, 0.2) is 5.16 Å². The number of nitrogens with two attached hydrogens (primary N) is 1. The van der Waals surface area contributed by atoms with Gasteiger partial charge < -0.3 is 10.7 Å². The first-order valence-corrected chi connectivity index (χ1v) is 9.42. The lowest BCUT2D eigenvalue weighted by molar-refractivity contribution is 0.559. The Kier molecular flexibility index (Phi) is 6.12. The van der Waals surface area contributed by atoms with E-state index in [-0.39, 0.29) is 17.5 Å². The van der Waals surface area contributed by atoms with Crippen molar-refractivity contribution in [2.45, 2.75) is 18.5 Å². The first kappa shape index (κ1) is 19.6. The summed E-state index contributed by atoms with van der Waals surface area (Å²) in [7, 11) is 0. The van der Waals surface area contributed by atoms with Crippen LogP contribution in [-0.4, -0.2) is 15.7 Å². The number of hydrogen-bond acceptors (Lipinski definition) is 4. The molecule has 0 aliphatic heterocycles. The minimum Gasteiger partial charge on any atom is -0.399 e. The van der Waals surface area contributed by atoms with E-state index < -0.39 is 11.6 Å². The molecule has 1 heterocycles. The molecular weight excluding hydrogens is 380 g/mol. The van der Waals surface area contributed by atoms with Crippen LogP contribution in [0.5, 0.6) is 0 Å². The summed E-state index contributed by atoms with van der Waals surface area (Å²) in [5.74, 6) is 5.04. The molecule has 28 heavy (non-hydrogen) atoms. The number of nitrogens with zero attached hydrogens (tertiary/aromatic N) is 1. The molecule has 0 saturated carbocycles. The van der Waals surface area contributed by atoms with Crippen molar-refractivity contribution < 1.29 is 8.78 Å². The molecule has 3 rings (SSSR count). The van der Waals surface area contributed by atoms with Crippen LogP contribution in [0.15, 0.2) is 52.4 Å². The molecule has 142 valence electrons. The van der Waals surface area contributed by atoms with Crippen molar-refractivity contribution in [3.63, 3.8) is 0 Å². The number of aromatic amines is 1. The molecule has 0 aliphatic carbocycles. The van der Waals surface area contributed by atoms with E-state index in [0.29, 0.717) is 27.9 Å². The number of nitrogens with one attached hydrogen (secondary N) is 1. The second-order valence-electron chi connectivity index (χ2n) is 6.03. The van der Waals surface area contributed by atoms with Gasteiger partial charge in [-0.05, 0) is 43.3 Å². The first-order valence-electron chi connectivity index (χ1n) is 8.44. The second kappa shape index (κ2) is 8.72. The third kappa shape index (κ3) is 4.78. The van der Waals surface area contributed by atoms with Crippen LogP contribution in [0.1, 0.15) is 22.4 Å². The highest BCUT2D eigenvalue weighted by Gasteiger charge is 2.14. The van der Waals surface area contributed by atoms with Crippen molar-refractivity contribution in [2.24, 2.45) is 0 Å². The van der Waals surface area contributed by atoms with E-state index in [4.69, 9.17) is 5.73 Å². The SMILES string of the molecule is Cc1c(Cc2c(F)cccc2F)nc(SCC#Cc2ccc(N)cc2)[nH]c1=O. The molecule has 2 aromatic carbocycles. The third-order valence-corrected chi connectivity index (χ3v) is 4.82. The Morgan fingerprint density at radius 2 is 1.82 bits per heavy atom. The fraction of sp³-hybridized carbons (Fsp3) is 0.143. The lowest BCUT2D eigenvalue weighted by Gasteiger charge is -2.08. The van der Waals surface area contributed by atoms with Crippen molar-refractivity contribution in [2.75, 3.05) is 11.5 Å². The van der Waals surface area contributed by atoms with Gasteiger partial charge in [0.25, 0.3) is 5.56 Å². The van der Waals surface area contributed by atoms with Gasteiger partial charge in [-0.15, -0.1) is 0 Å². The number of benzene rings is 2. The predicted octanol–water partition coefficient (Wildman–Crippen LogP) is 3.67. The molecule has 0 spiro atoms. The lowest BCUT2D eigenvalue weighted by atomic mass is 10.1. The van der Waals surface area contributed by atoms with E-state index >= 15 is 0 Å². The van der Waals surface area contributed by atoms with Crippen LogP contribution in [0.2, 0.25) is 0 Å². The number of H-pyrrole nitrogens is 1. The molecule has 3 N–H and O–H groups in total. The van der Waals surface area contributed by atoms with Crippen molar-refractivity contribution in [3.05, 3.63) is 86.8 Å². The third-order valence-electron chi connectivity index (χ3n) is 4.06. The average molecular weight is 397 g/mol. The van der Waals surface area contributed by atoms with Crippen molar-refractivity contribution >= 4 is 17.4 Å². The maximum absolute atomic E-state index is 13.9. The van der Waals surface area contributed by atoms with Gasteiger partial charge >= 0.3 is 0 Å². The van der Waals surface area contributed by atoms with Gasteiger partial charge in [-0.2, -0.15) is 0 Å². The van der Waals surface area contributed by atoms with E-state index in [1.807, 2.05) is 12.1 Å². The van der Waals surface area contributed by atoms with Crippen LogP contribution in [0, 0.1) is 30.4 Å². The summed E-state index contributed by atoms with van der Waals surface area (Å²) in [6, 6.07) is 10.8. The van der Waals surface area contributed by atoms with Gasteiger partial charge in [-0.25, -0.2) is 13.8 Å². The topological polar surface area (TPSA) is 71.8 Å². The maximum Gasteiger partial charge on any atom is 0.254 e. The Hall–Kier alpha value is -3.11. The number of nitrogen functional groups attached to an aromatic ring is 1. The minimum absolute atomic E-state index is 0.0983. The smallest absolute Gasteiger partial charge is 0.254 e. The molecule has 3 aromatic rings. The van der Waals surface area contributed by atoms with E-state index in [0.717, 1.165) is 5.56 Å². The van der Waals surface area contributed by atoms with Gasteiger partial charge in [-0.3, -0.25) is 4.79 Å². The molecule has 0 amide bonds. The normalized spacial score (nSPS) is 10.4. The number of thioether (sulfide) groups is 1. The fourth-order valence-corrected chi connectivity index (χ4v) is 3.10. The van der Waals surface area contributed by atoms with E-state index in [9.17, 15) is 13.6 Å². The van der Waals surface area contributed by atoms with Crippen LogP contribution < -0.4 is 11.3 Å². The largest absolute Gasteiger partial charge is 0.399 e. The van der Waals surface area contributed by atoms with Crippen LogP contribution in [0.25, 0.3) is 0 Å². The van der Waals surface area contributed by atoms with Gasteiger partial charge in [-0.1, -0.05) is 29.7 Å². The molecule has 0 aliphatic rings. The highest BCUT2D eigenvalue weighted by molar-refractivity contribution is 7.99. The highest BCUT2D eigenvalue weighted by Crippen LogP contribution is 2.19. The first-order chi connectivity index (χ1) is 13.4. The zero-order valence-corrected chi connectivity index (χ0v) is 15.9. The van der Waals surface area contributed by atoms with E-state index in [1.165, 1.54) is 30.0 Å². The zero-order valence-electron chi connectivity index (χ0n) is 15.1. The van der Waals surface area contributed by atoms with Gasteiger partial charge in [0.05, 0.1) is 11.4 Å². The maximum atomic E-state index is 13.9. The summed E-state index contributed by atoms with van der Waals surface area (Å²) in [6.45, 7) is 1.58. The van der Waals surface area contributed by atoms with Crippen molar-refractivity contribution in [1.29, 1.82) is 0 Å². The Labute approximate surface area is 165 Å². The summed E-state index contributed by atoms with van der Waals surface area (Å²) in [4.78, 5) is 19.2. The van der Waals surface area contributed by atoms with E-state index in [2.05, 4.69) is 21.8 Å². The summed E-state index contributed by atoms with van der Waals surface area (Å²) >= 11 is 1.25. The average Bonchev–Trinajstić information content (AvgIpc) is 2.67. The molecule has 0 bridgehead atoms. The van der Waals surface area contributed by atoms with Gasteiger partial charge in [0.2, 0.25) is 0 Å². The molecule has 7 heteroatoms. The van der Waals surface area contributed by atoms with Crippen molar-refractivity contribution in [3.8, 4) is 11.8 Å². The van der Waals surface area contributed by atoms with Crippen LogP contribution in [-0.2, 0) is 6.42 Å². The second-order valence-corrected chi connectivity index (χ2v) is 7.00. The van der Waals surface area contributed by atoms with Gasteiger partial charge in [0.1, 0.15) is 11.6 Å². The zero-order chi connectivity index (χ0) is 20.1. The van der Waals surface area contributed by atoms with Crippen LogP contribution >= 0.6 is 11.8 Å². The summed E-state index contributed by atoms with van der Waals surface area (Å²) in [5, 5.41) is 0.356. The molecule has 1 aromatic heterocycles. The Balaban J connectivity index is 1.76. The molecule has 0 radical (unpaired) electrons. The number of halogens is 2. The molecule has 0 fully saturated rings. The van der Waals surface area contributed by atoms with E-state index in [1.54, 1.807) is 19.1 Å². The number of hydrogen-bond donors (Lipinski definition) is 2. The molecule has 0 atom stereocenters. The van der Waals surface area contributed by atoms with Crippen molar-refractivity contribution in [1.82, 2.24) is 9.97 Å². The molecule has 0 unspecified atom stereocenters. The highest BCUT2D eigenvalue weighted by atomic mass is 32.2. The number of anilines is 1. The summed E-state index contributed by atoms with van der Waals surface area (Å²) < 4.78 is 27.8. The monoisotopic (exact) mass is 397 g/mol. The Morgan fingerprint density at radius 3 is 2.50 bits per heavy atom. The Morgan fingerprint density at radius 1 is 1.14 bits per heavy atom. The Bertz CT molecular complexity index is 1090. The van der Waals surface area contributed by atoms with Crippen LogP contribution in [0.4, 0.5) is 14.5 Å². The summed E-state index contributed by atoms with van der Waals surface area (Å²) in [6.07, 6.45) is -0.0983. The van der Waals surface area contributed by atoms with Gasteiger partial charge in [0, 0.05) is 28.8 Å². The summed E-state index contributed by atoms with van der Waals surface area (Å²) in [5.41, 5.74) is 7.35. The lowest BCUT2D eigenvalue weighted by Crippen LogP contribution is -2.16. The standard InChI is InChI=1S/C21H17F2N3OS/c1-13-19(12-16-17(22)5-2-6-18(16)23)25-21(26-20(13)27)28-11-3-4-14-7-9-15(24)10-8-14/h2,5-10H,11-12,24H2,1H3,(H,25,26,27). The minimum atomic E-state index is -0.662. The fourth-order valence-electron chi connectivity index (χ4n) is 2.47. The molecular formula is C21H17F2N3OS. The number of rotatable bonds is 4. The molecule has 4 nitrogen and oxygen atoms in total. The predicted molar refractivity (Wildman–Crippen MR) is 107 cm³/mol. The quantitative estimate of drug-likeness (QED) is 0.305.